The van der Waals surface area contributed by atoms with Crippen LogP contribution in [0.25, 0.3) is 21.8 Å². The zero-order chi connectivity index (χ0) is 20.8. The maximum absolute atomic E-state index is 12.5. The molecule has 2 aromatic heterocycles. The van der Waals surface area contributed by atoms with E-state index in [1.807, 2.05) is 0 Å². The van der Waals surface area contributed by atoms with Crippen LogP contribution < -0.4 is 11.1 Å². The first kappa shape index (κ1) is 18.5. The van der Waals surface area contributed by atoms with E-state index in [0.29, 0.717) is 33.4 Å². The summed E-state index contributed by atoms with van der Waals surface area (Å²) >= 11 is 5.96. The fraction of sp³-hybridized carbons (Fsp3) is 0.190. The van der Waals surface area contributed by atoms with Crippen molar-refractivity contribution < 1.29 is 9.53 Å². The Morgan fingerprint density at radius 2 is 1.90 bits per heavy atom. The van der Waals surface area contributed by atoms with E-state index >= 15 is 0 Å². The molecule has 0 spiro atoms. The van der Waals surface area contributed by atoms with E-state index in [-0.39, 0.29) is 29.1 Å². The lowest BCUT2D eigenvalue weighted by molar-refractivity contribution is 0.0462. The number of aromatic amines is 1. The van der Waals surface area contributed by atoms with Crippen molar-refractivity contribution in [3.63, 3.8) is 0 Å². The monoisotopic (exact) mass is 422 g/mol. The van der Waals surface area contributed by atoms with Gasteiger partial charge in [0, 0.05) is 18.0 Å². The molecular formula is C21H15ClN4O4. The van der Waals surface area contributed by atoms with E-state index in [2.05, 4.69) is 15.0 Å². The van der Waals surface area contributed by atoms with Gasteiger partial charge in [-0.15, -0.1) is 0 Å². The van der Waals surface area contributed by atoms with Crippen LogP contribution in [0.1, 0.15) is 28.4 Å². The number of carbonyl (C=O) groups is 1. The third kappa shape index (κ3) is 3.15. The smallest absolute Gasteiger partial charge is 0.338 e. The highest BCUT2D eigenvalue weighted by Crippen LogP contribution is 2.18. The molecule has 0 fully saturated rings. The maximum Gasteiger partial charge on any atom is 0.338 e. The summed E-state index contributed by atoms with van der Waals surface area (Å²) in [7, 11) is 0. The van der Waals surface area contributed by atoms with E-state index in [1.54, 1.807) is 34.9 Å². The topological polar surface area (TPSA) is 107 Å². The number of hydrogen-bond acceptors (Lipinski definition) is 6. The van der Waals surface area contributed by atoms with E-state index in [9.17, 15) is 14.4 Å². The molecule has 30 heavy (non-hydrogen) atoms. The standard InChI is InChI=1S/C21H15ClN4O4/c22-12-4-6-13-16(9-12)23-17(25-19(13)27)10-30-21(29)11-3-5-14-15(8-11)24-18-2-1-7-26(18)20(14)28/h3-6,8-9H,1-2,7,10H2,(H,23,25,27). The summed E-state index contributed by atoms with van der Waals surface area (Å²) in [4.78, 5) is 48.6. The third-order valence-corrected chi connectivity index (χ3v) is 5.34. The molecule has 8 nitrogen and oxygen atoms in total. The zero-order valence-corrected chi connectivity index (χ0v) is 16.4. The van der Waals surface area contributed by atoms with Gasteiger partial charge >= 0.3 is 5.97 Å². The van der Waals surface area contributed by atoms with Gasteiger partial charge in [-0.25, -0.2) is 14.8 Å². The lowest BCUT2D eigenvalue weighted by Gasteiger charge is -2.08. The Morgan fingerprint density at radius 1 is 1.10 bits per heavy atom. The summed E-state index contributed by atoms with van der Waals surface area (Å²) in [6, 6.07) is 9.44. The number of carbonyl (C=O) groups excluding carboxylic acids is 1. The van der Waals surface area contributed by atoms with Crippen molar-refractivity contribution in [1.82, 2.24) is 19.5 Å². The number of H-pyrrole nitrogens is 1. The lowest BCUT2D eigenvalue weighted by Crippen LogP contribution is -2.21. The van der Waals surface area contributed by atoms with Crippen molar-refractivity contribution in [2.45, 2.75) is 26.0 Å². The van der Waals surface area contributed by atoms with Gasteiger partial charge in [0.05, 0.1) is 27.4 Å². The number of fused-ring (bicyclic) bond motifs is 3. The summed E-state index contributed by atoms with van der Waals surface area (Å²) in [5.74, 6) is 0.334. The summed E-state index contributed by atoms with van der Waals surface area (Å²) < 4.78 is 6.98. The molecule has 0 saturated heterocycles. The number of halogens is 1. The number of nitrogens with zero attached hydrogens (tertiary/aromatic N) is 3. The maximum atomic E-state index is 12.5. The molecule has 1 aliphatic heterocycles. The van der Waals surface area contributed by atoms with Crippen LogP contribution in [0.15, 0.2) is 46.0 Å². The summed E-state index contributed by atoms with van der Waals surface area (Å²) in [6.07, 6.45) is 1.63. The second-order valence-corrected chi connectivity index (χ2v) is 7.51. The van der Waals surface area contributed by atoms with Gasteiger partial charge in [0.1, 0.15) is 18.3 Å². The molecule has 3 heterocycles. The molecule has 1 N–H and O–H groups in total. The number of esters is 1. The number of aryl methyl sites for hydroxylation is 1. The Balaban J connectivity index is 1.41. The molecule has 0 saturated carbocycles. The molecule has 4 aromatic rings. The first-order valence-corrected chi connectivity index (χ1v) is 9.76. The summed E-state index contributed by atoms with van der Waals surface area (Å²) in [5, 5.41) is 1.32. The van der Waals surface area contributed by atoms with E-state index in [1.165, 1.54) is 6.07 Å². The van der Waals surface area contributed by atoms with Gasteiger partial charge in [-0.3, -0.25) is 14.2 Å². The summed E-state index contributed by atoms with van der Waals surface area (Å²) in [5.41, 5.74) is 0.718. The number of aromatic nitrogens is 4. The first-order valence-electron chi connectivity index (χ1n) is 9.39. The number of rotatable bonds is 3. The van der Waals surface area contributed by atoms with Crippen LogP contribution in [-0.2, 0) is 24.3 Å². The highest BCUT2D eigenvalue weighted by Gasteiger charge is 2.17. The average molecular weight is 423 g/mol. The van der Waals surface area contributed by atoms with Crippen LogP contribution in [0, 0.1) is 0 Å². The number of benzene rings is 2. The number of hydrogen-bond donors (Lipinski definition) is 1. The van der Waals surface area contributed by atoms with Crippen molar-refractivity contribution in [2.24, 2.45) is 0 Å². The average Bonchev–Trinajstić information content (AvgIpc) is 3.20. The van der Waals surface area contributed by atoms with Gasteiger partial charge in [0.25, 0.3) is 11.1 Å². The minimum atomic E-state index is -0.604. The molecule has 5 rings (SSSR count). The number of ether oxygens (including phenoxy) is 1. The molecule has 2 aromatic carbocycles. The SMILES string of the molecule is O=C(OCc1nc2cc(Cl)ccc2c(=O)[nH]1)c1ccc2c(=O)n3c(nc2c1)CCC3. The highest BCUT2D eigenvalue weighted by atomic mass is 35.5. The van der Waals surface area contributed by atoms with Crippen LogP contribution in [-0.4, -0.2) is 25.5 Å². The predicted molar refractivity (Wildman–Crippen MR) is 111 cm³/mol. The van der Waals surface area contributed by atoms with Crippen LogP contribution in [0.4, 0.5) is 0 Å². The zero-order valence-electron chi connectivity index (χ0n) is 15.6. The molecular weight excluding hydrogens is 408 g/mol. The Kier molecular flexibility index (Phi) is 4.36. The van der Waals surface area contributed by atoms with Crippen molar-refractivity contribution in [3.8, 4) is 0 Å². The Labute approximate surface area is 174 Å². The molecule has 0 unspecified atom stereocenters. The number of nitrogens with one attached hydrogen (secondary N) is 1. The molecule has 9 heteroatoms. The van der Waals surface area contributed by atoms with E-state index in [0.717, 1.165) is 18.7 Å². The van der Waals surface area contributed by atoms with Crippen molar-refractivity contribution >= 4 is 39.4 Å². The van der Waals surface area contributed by atoms with Crippen LogP contribution in [0.3, 0.4) is 0 Å². The van der Waals surface area contributed by atoms with Gasteiger partial charge in [-0.2, -0.15) is 0 Å². The van der Waals surface area contributed by atoms with Crippen molar-refractivity contribution in [1.29, 1.82) is 0 Å². The van der Waals surface area contributed by atoms with E-state index in [4.69, 9.17) is 16.3 Å². The largest absolute Gasteiger partial charge is 0.454 e. The minimum Gasteiger partial charge on any atom is -0.454 e. The molecule has 0 aliphatic carbocycles. The highest BCUT2D eigenvalue weighted by molar-refractivity contribution is 6.31. The quantitative estimate of drug-likeness (QED) is 0.508. The Morgan fingerprint density at radius 3 is 2.77 bits per heavy atom. The van der Waals surface area contributed by atoms with Gasteiger partial charge < -0.3 is 9.72 Å². The van der Waals surface area contributed by atoms with Crippen LogP contribution in [0.2, 0.25) is 5.02 Å². The minimum absolute atomic E-state index is 0.0935. The molecule has 1 aliphatic rings. The Bertz CT molecular complexity index is 1460. The van der Waals surface area contributed by atoms with Gasteiger partial charge in [-0.05, 0) is 42.8 Å². The van der Waals surface area contributed by atoms with Gasteiger partial charge in [0.15, 0.2) is 0 Å². The first-order chi connectivity index (χ1) is 14.5. The molecule has 0 bridgehead atoms. The van der Waals surface area contributed by atoms with Crippen LogP contribution >= 0.6 is 11.6 Å². The molecule has 0 amide bonds. The molecule has 0 atom stereocenters. The normalized spacial score (nSPS) is 13.0. The van der Waals surface area contributed by atoms with Gasteiger partial charge in [0.2, 0.25) is 0 Å². The second kappa shape index (κ2) is 7.07. The summed E-state index contributed by atoms with van der Waals surface area (Å²) in [6.45, 7) is 0.456. The fourth-order valence-corrected chi connectivity index (χ4v) is 3.82. The fourth-order valence-electron chi connectivity index (χ4n) is 3.66. The molecule has 150 valence electrons. The van der Waals surface area contributed by atoms with Crippen molar-refractivity contribution in [2.75, 3.05) is 0 Å². The molecule has 0 radical (unpaired) electrons. The second-order valence-electron chi connectivity index (χ2n) is 7.07. The van der Waals surface area contributed by atoms with E-state index < -0.39 is 5.97 Å². The Hall–Kier alpha value is -3.52. The van der Waals surface area contributed by atoms with Gasteiger partial charge in [-0.1, -0.05) is 11.6 Å². The lowest BCUT2D eigenvalue weighted by atomic mass is 10.1. The van der Waals surface area contributed by atoms with Crippen molar-refractivity contribution in [3.05, 3.63) is 79.3 Å². The predicted octanol–water partition coefficient (Wildman–Crippen LogP) is 2.59. The van der Waals surface area contributed by atoms with Crippen LogP contribution in [0.5, 0.6) is 0 Å². The third-order valence-electron chi connectivity index (χ3n) is 5.11.